The van der Waals surface area contributed by atoms with Crippen molar-refractivity contribution in [2.24, 2.45) is 0 Å². The Balaban J connectivity index is 2.25. The predicted octanol–water partition coefficient (Wildman–Crippen LogP) is 1.04. The molecular formula is C10H15N5. The van der Waals surface area contributed by atoms with Gasteiger partial charge in [0, 0.05) is 12.6 Å². The lowest BCUT2D eigenvalue weighted by molar-refractivity contribution is 0.625. The highest BCUT2D eigenvalue weighted by Gasteiger charge is 2.05. The molecule has 5 heteroatoms. The van der Waals surface area contributed by atoms with Crippen LogP contribution in [-0.4, -0.2) is 19.3 Å². The number of anilines is 1. The van der Waals surface area contributed by atoms with Gasteiger partial charge in [-0.25, -0.2) is 9.67 Å². The molecular weight excluding hydrogens is 190 g/mol. The van der Waals surface area contributed by atoms with Crippen molar-refractivity contribution in [3.8, 4) is 0 Å². The van der Waals surface area contributed by atoms with Crippen LogP contribution < -0.4 is 5.73 Å². The molecule has 0 aliphatic heterocycles. The molecule has 0 aromatic carbocycles. The molecule has 2 N–H and O–H groups in total. The first-order chi connectivity index (χ1) is 7.20. The van der Waals surface area contributed by atoms with E-state index >= 15 is 0 Å². The summed E-state index contributed by atoms with van der Waals surface area (Å²) in [6.07, 6.45) is 3.67. The van der Waals surface area contributed by atoms with Gasteiger partial charge in [0.15, 0.2) is 0 Å². The maximum absolute atomic E-state index is 5.82. The average Bonchev–Trinajstić information content (AvgIpc) is 2.74. The average molecular weight is 205 g/mol. The summed E-state index contributed by atoms with van der Waals surface area (Å²) >= 11 is 0. The number of aromatic nitrogens is 4. The number of aryl methyl sites for hydroxylation is 2. The van der Waals surface area contributed by atoms with Crippen molar-refractivity contribution in [1.29, 1.82) is 0 Å². The third-order valence-electron chi connectivity index (χ3n) is 2.38. The van der Waals surface area contributed by atoms with Crippen LogP contribution in [0.25, 0.3) is 0 Å². The molecule has 0 aliphatic carbocycles. The molecule has 0 fully saturated rings. The van der Waals surface area contributed by atoms with Gasteiger partial charge < -0.3 is 10.3 Å². The van der Waals surface area contributed by atoms with E-state index in [1.807, 2.05) is 25.5 Å². The Labute approximate surface area is 88.5 Å². The minimum atomic E-state index is 0.674. The Morgan fingerprint density at radius 2 is 2.27 bits per heavy atom. The van der Waals surface area contributed by atoms with Gasteiger partial charge in [0.25, 0.3) is 0 Å². The predicted molar refractivity (Wildman–Crippen MR) is 58.4 cm³/mol. The molecule has 0 spiro atoms. The van der Waals surface area contributed by atoms with E-state index in [1.165, 1.54) is 0 Å². The Bertz CT molecular complexity index is 454. The Morgan fingerprint density at radius 3 is 2.87 bits per heavy atom. The van der Waals surface area contributed by atoms with E-state index in [-0.39, 0.29) is 0 Å². The highest BCUT2D eigenvalue weighted by atomic mass is 15.3. The number of nitrogens with zero attached hydrogens (tertiary/aromatic N) is 4. The zero-order valence-electron chi connectivity index (χ0n) is 9.01. The van der Waals surface area contributed by atoms with Gasteiger partial charge in [-0.3, -0.25) is 0 Å². The summed E-state index contributed by atoms with van der Waals surface area (Å²) in [4.78, 5) is 4.11. The number of nitrogen functional groups attached to an aromatic ring is 1. The van der Waals surface area contributed by atoms with E-state index in [0.29, 0.717) is 12.4 Å². The molecule has 15 heavy (non-hydrogen) atoms. The Hall–Kier alpha value is -1.78. The molecule has 5 nitrogen and oxygen atoms in total. The van der Waals surface area contributed by atoms with Gasteiger partial charge in [-0.05, 0) is 13.8 Å². The number of nitrogens with two attached hydrogens (primary N) is 1. The molecule has 0 bridgehead atoms. The Morgan fingerprint density at radius 1 is 1.47 bits per heavy atom. The van der Waals surface area contributed by atoms with Crippen LogP contribution in [0.15, 0.2) is 18.6 Å². The highest BCUT2D eigenvalue weighted by Crippen LogP contribution is 2.09. The van der Waals surface area contributed by atoms with E-state index in [2.05, 4.69) is 21.6 Å². The number of rotatable bonds is 3. The monoisotopic (exact) mass is 205 g/mol. The summed E-state index contributed by atoms with van der Waals surface area (Å²) in [5.74, 6) is 0.691. The second-order valence-corrected chi connectivity index (χ2v) is 3.54. The third-order valence-corrected chi connectivity index (χ3v) is 2.38. The lowest BCUT2D eigenvalue weighted by Gasteiger charge is -2.06. The van der Waals surface area contributed by atoms with E-state index in [1.54, 1.807) is 4.68 Å². The number of imidazole rings is 1. The molecule has 2 heterocycles. The fourth-order valence-corrected chi connectivity index (χ4v) is 1.61. The second kappa shape index (κ2) is 3.76. The number of hydrogen-bond acceptors (Lipinski definition) is 3. The van der Waals surface area contributed by atoms with Crippen molar-refractivity contribution in [2.75, 3.05) is 5.73 Å². The molecule has 0 radical (unpaired) electrons. The van der Waals surface area contributed by atoms with Gasteiger partial charge in [0.05, 0.1) is 30.5 Å². The summed E-state index contributed by atoms with van der Waals surface area (Å²) < 4.78 is 3.87. The fourth-order valence-electron chi connectivity index (χ4n) is 1.61. The summed E-state index contributed by atoms with van der Waals surface area (Å²) in [7, 11) is 0. The van der Waals surface area contributed by atoms with Crippen LogP contribution in [0.5, 0.6) is 0 Å². The maximum Gasteiger partial charge on any atom is 0.122 e. The summed E-state index contributed by atoms with van der Waals surface area (Å²) in [6.45, 7) is 5.61. The van der Waals surface area contributed by atoms with Gasteiger partial charge in [-0.2, -0.15) is 5.10 Å². The van der Waals surface area contributed by atoms with Crippen LogP contribution in [0.3, 0.4) is 0 Å². The highest BCUT2D eigenvalue weighted by molar-refractivity contribution is 5.30. The third kappa shape index (κ3) is 1.86. The normalized spacial score (nSPS) is 10.8. The van der Waals surface area contributed by atoms with Crippen molar-refractivity contribution < 1.29 is 0 Å². The second-order valence-electron chi connectivity index (χ2n) is 3.54. The van der Waals surface area contributed by atoms with Crippen LogP contribution in [0.4, 0.5) is 5.82 Å². The smallest absolute Gasteiger partial charge is 0.122 e. The molecule has 2 rings (SSSR count). The minimum absolute atomic E-state index is 0.674. The molecule has 0 saturated heterocycles. The van der Waals surface area contributed by atoms with Crippen LogP contribution >= 0.6 is 0 Å². The van der Waals surface area contributed by atoms with Crippen LogP contribution in [0.1, 0.15) is 18.3 Å². The molecule has 0 amide bonds. The summed E-state index contributed by atoms with van der Waals surface area (Å²) in [5.41, 5.74) is 7.88. The van der Waals surface area contributed by atoms with E-state index in [4.69, 9.17) is 5.73 Å². The molecule has 0 unspecified atom stereocenters. The van der Waals surface area contributed by atoms with Crippen LogP contribution in [0, 0.1) is 6.92 Å². The molecule has 2 aromatic heterocycles. The molecule has 80 valence electrons. The van der Waals surface area contributed by atoms with Crippen molar-refractivity contribution in [3.63, 3.8) is 0 Å². The first-order valence-electron chi connectivity index (χ1n) is 4.99. The van der Waals surface area contributed by atoms with Gasteiger partial charge in [0.2, 0.25) is 0 Å². The minimum Gasteiger partial charge on any atom is -0.384 e. The largest absolute Gasteiger partial charge is 0.384 e. The van der Waals surface area contributed by atoms with E-state index < -0.39 is 0 Å². The van der Waals surface area contributed by atoms with Crippen molar-refractivity contribution in [1.82, 2.24) is 19.3 Å². The van der Waals surface area contributed by atoms with Crippen LogP contribution in [-0.2, 0) is 13.1 Å². The topological polar surface area (TPSA) is 61.7 Å². The molecule has 0 aliphatic rings. The molecule has 2 aromatic rings. The van der Waals surface area contributed by atoms with Crippen molar-refractivity contribution in [2.45, 2.75) is 26.9 Å². The van der Waals surface area contributed by atoms with Crippen molar-refractivity contribution >= 4 is 5.82 Å². The van der Waals surface area contributed by atoms with Gasteiger partial charge in [-0.15, -0.1) is 0 Å². The van der Waals surface area contributed by atoms with E-state index in [0.717, 1.165) is 17.9 Å². The van der Waals surface area contributed by atoms with Gasteiger partial charge >= 0.3 is 0 Å². The van der Waals surface area contributed by atoms with Gasteiger partial charge in [-0.1, -0.05) is 0 Å². The zero-order valence-corrected chi connectivity index (χ0v) is 9.01. The molecule has 0 atom stereocenters. The van der Waals surface area contributed by atoms with Crippen LogP contribution in [0.2, 0.25) is 0 Å². The van der Waals surface area contributed by atoms with E-state index in [9.17, 15) is 0 Å². The summed E-state index contributed by atoms with van der Waals surface area (Å²) in [5, 5.41) is 4.31. The summed E-state index contributed by atoms with van der Waals surface area (Å²) in [6, 6.07) is 1.87. The standard InChI is InChI=1S/C10H15N5/c1-3-14-7-12-5-9(14)6-15-10(11)4-8(2)13-15/h4-5,7H,3,6,11H2,1-2H3. The van der Waals surface area contributed by atoms with Crippen molar-refractivity contribution in [3.05, 3.63) is 30.0 Å². The van der Waals surface area contributed by atoms with Gasteiger partial charge in [0.1, 0.15) is 5.82 Å². The SMILES string of the molecule is CCn1cncc1Cn1nc(C)cc1N. The first kappa shape index (κ1) is 9.76. The quantitative estimate of drug-likeness (QED) is 0.814. The Kier molecular flexibility index (Phi) is 2.45. The zero-order chi connectivity index (χ0) is 10.8. The maximum atomic E-state index is 5.82. The molecule has 0 saturated carbocycles. The fraction of sp³-hybridized carbons (Fsp3) is 0.400. The number of hydrogen-bond donors (Lipinski definition) is 1. The lowest BCUT2D eigenvalue weighted by Crippen LogP contribution is -2.09. The lowest BCUT2D eigenvalue weighted by atomic mass is 10.4. The first-order valence-corrected chi connectivity index (χ1v) is 4.99.